The normalized spacial score (nSPS) is 15.4. The van der Waals surface area contributed by atoms with Crippen molar-refractivity contribution < 1.29 is 73.2 Å². The molecule has 72 heavy (non-hydrogen) atoms. The number of rotatable bonds is 33. The van der Waals surface area contributed by atoms with Crippen molar-refractivity contribution in [2.24, 2.45) is 29.2 Å². The van der Waals surface area contributed by atoms with Crippen molar-refractivity contribution in [3.8, 4) is 0 Å². The van der Waals surface area contributed by atoms with Gasteiger partial charge in [0.15, 0.2) is 6.04 Å². The lowest BCUT2D eigenvalue weighted by atomic mass is 9.99. The van der Waals surface area contributed by atoms with Crippen LogP contribution >= 0.6 is 0 Å². The molecule has 1 aromatic carbocycles. The molecule has 10 atom stereocenters. The van der Waals surface area contributed by atoms with E-state index in [1.807, 2.05) is 0 Å². The second-order valence-corrected chi connectivity index (χ2v) is 19.0. The highest BCUT2D eigenvalue weighted by Crippen LogP contribution is 2.13. The number of benzene rings is 1. The Hall–Kier alpha value is -6.73. The lowest BCUT2D eigenvalue weighted by Crippen LogP contribution is -2.60. The molecule has 0 saturated carbocycles. The second kappa shape index (κ2) is 31.6. The van der Waals surface area contributed by atoms with E-state index in [1.165, 1.54) is 6.92 Å². The fourth-order valence-electron chi connectivity index (χ4n) is 7.01. The Morgan fingerprint density at radius 2 is 0.903 bits per heavy atom. The summed E-state index contributed by atoms with van der Waals surface area (Å²) in [6.07, 6.45) is -4.81. The molecular formula is C47H76N10O15. The summed E-state index contributed by atoms with van der Waals surface area (Å²) in [7, 11) is 0. The Morgan fingerprint density at radius 1 is 0.500 bits per heavy atom. The van der Waals surface area contributed by atoms with E-state index in [-0.39, 0.29) is 49.9 Å². The number of carboxylic acids is 2. The highest BCUT2D eigenvalue weighted by molar-refractivity contribution is 5.98. The average Bonchev–Trinajstić information content (AvgIpc) is 3.27. The molecule has 0 bridgehead atoms. The van der Waals surface area contributed by atoms with E-state index in [4.69, 9.17) is 11.5 Å². The van der Waals surface area contributed by atoms with E-state index in [1.54, 1.807) is 71.9 Å². The molecule has 0 fully saturated rings. The van der Waals surface area contributed by atoms with E-state index in [0.29, 0.717) is 5.56 Å². The number of nitrogens with one attached hydrogen (secondary N) is 8. The number of aliphatic hydroxyl groups is 2. The molecular weight excluding hydrogens is 945 g/mol. The molecule has 1 rings (SSSR count). The molecule has 0 saturated heterocycles. The van der Waals surface area contributed by atoms with Crippen LogP contribution < -0.4 is 54.0 Å². The molecule has 0 aliphatic rings. The fraction of sp³-hybridized carbons (Fsp3) is 0.638. The fourth-order valence-corrected chi connectivity index (χ4v) is 7.01. The third-order valence-corrected chi connectivity index (χ3v) is 10.8. The summed E-state index contributed by atoms with van der Waals surface area (Å²) in [4.78, 5) is 144. The predicted octanol–water partition coefficient (Wildman–Crippen LogP) is -2.82. The largest absolute Gasteiger partial charge is 0.481 e. The Bertz CT molecular complexity index is 2020. The summed E-state index contributed by atoms with van der Waals surface area (Å²) in [5.41, 5.74) is 11.8. The van der Waals surface area contributed by atoms with Gasteiger partial charge in [-0.15, -0.1) is 0 Å². The van der Waals surface area contributed by atoms with Crippen LogP contribution in [0.15, 0.2) is 30.3 Å². The molecule has 25 heteroatoms. The highest BCUT2D eigenvalue weighted by Gasteiger charge is 2.35. The van der Waals surface area contributed by atoms with Gasteiger partial charge in [-0.1, -0.05) is 71.9 Å². The number of aliphatic hydroxyl groups excluding tert-OH is 2. The second-order valence-electron chi connectivity index (χ2n) is 19.0. The van der Waals surface area contributed by atoms with E-state index < -0.39 is 151 Å². The van der Waals surface area contributed by atoms with Gasteiger partial charge < -0.3 is 74.4 Å². The molecule has 0 unspecified atom stereocenters. The van der Waals surface area contributed by atoms with E-state index in [2.05, 4.69) is 42.5 Å². The summed E-state index contributed by atoms with van der Waals surface area (Å²) in [5, 5.41) is 58.2. The molecule has 0 spiro atoms. The maximum absolute atomic E-state index is 14.0. The number of carbonyl (C=O) groups excluding carboxylic acids is 9. The number of aliphatic carboxylic acids is 2. The van der Waals surface area contributed by atoms with E-state index in [9.17, 15) is 73.2 Å². The summed E-state index contributed by atoms with van der Waals surface area (Å²) < 4.78 is 0. The van der Waals surface area contributed by atoms with Gasteiger partial charge in [-0.3, -0.25) is 47.9 Å². The first-order valence-corrected chi connectivity index (χ1v) is 23.8. The molecule has 0 aromatic heterocycles. The molecule has 0 aliphatic heterocycles. The Labute approximate surface area is 418 Å². The average molecular weight is 1020 g/mol. The first kappa shape index (κ1) is 63.3. The van der Waals surface area contributed by atoms with Crippen molar-refractivity contribution in [3.63, 3.8) is 0 Å². The SMILES string of the molecule is CC(C)C[C@H](NC(=O)CNC(=O)[C@H](Cc1ccccc1)NC(=O)[C@@H](N)[C@@H](C)O)C(=O)N[C@@H](CCC(N)=O)C(=O)N[C@@H](CC(C)C)C(=O)N[C@@H](CCC(=O)O)C(=O)N[C@@H](CC(C)C)C(=O)N[C@H](C(=O)O)[C@@H](C)O. The Balaban J connectivity index is 3.38. The smallest absolute Gasteiger partial charge is 0.328 e. The van der Waals surface area contributed by atoms with Crippen LogP contribution in [0.25, 0.3) is 0 Å². The van der Waals surface area contributed by atoms with Gasteiger partial charge in [-0.25, -0.2) is 4.79 Å². The summed E-state index contributed by atoms with van der Waals surface area (Å²) >= 11 is 0. The maximum atomic E-state index is 14.0. The molecule has 16 N–H and O–H groups in total. The van der Waals surface area contributed by atoms with Crippen LogP contribution in [-0.2, 0) is 59.2 Å². The third-order valence-electron chi connectivity index (χ3n) is 10.8. The molecule has 0 aliphatic carbocycles. The first-order valence-electron chi connectivity index (χ1n) is 23.8. The van der Waals surface area contributed by atoms with Crippen molar-refractivity contribution in [2.75, 3.05) is 6.54 Å². The number of hydrogen-bond acceptors (Lipinski definition) is 14. The van der Waals surface area contributed by atoms with E-state index in [0.717, 1.165) is 6.92 Å². The summed E-state index contributed by atoms with van der Waals surface area (Å²) in [6.45, 7) is 12.1. The van der Waals surface area contributed by atoms with Crippen LogP contribution in [0.4, 0.5) is 0 Å². The van der Waals surface area contributed by atoms with Crippen molar-refractivity contribution in [1.29, 1.82) is 0 Å². The van der Waals surface area contributed by atoms with E-state index >= 15 is 0 Å². The topological polar surface area (TPSA) is 417 Å². The van der Waals surface area contributed by atoms with Gasteiger partial charge in [0, 0.05) is 19.3 Å². The summed E-state index contributed by atoms with van der Waals surface area (Å²) in [5.74, 6) is -11.8. The van der Waals surface area contributed by atoms with Crippen LogP contribution in [-0.4, -0.2) is 153 Å². The lowest BCUT2D eigenvalue weighted by Gasteiger charge is -2.28. The number of amides is 9. The monoisotopic (exact) mass is 1020 g/mol. The minimum absolute atomic E-state index is 0.0108. The van der Waals surface area contributed by atoms with Crippen LogP contribution in [0.5, 0.6) is 0 Å². The molecule has 1 aromatic rings. The predicted molar refractivity (Wildman–Crippen MR) is 259 cm³/mol. The number of hydrogen-bond donors (Lipinski definition) is 14. The number of carbonyl (C=O) groups is 11. The number of primary amides is 1. The van der Waals surface area contributed by atoms with Gasteiger partial charge in [0.05, 0.1) is 18.8 Å². The van der Waals surface area contributed by atoms with Crippen LogP contribution in [0.1, 0.15) is 106 Å². The van der Waals surface area contributed by atoms with Crippen molar-refractivity contribution >= 4 is 65.1 Å². The van der Waals surface area contributed by atoms with Crippen LogP contribution in [0.3, 0.4) is 0 Å². The third kappa shape index (κ3) is 24.4. The quantitative estimate of drug-likeness (QED) is 0.0338. The summed E-state index contributed by atoms with van der Waals surface area (Å²) in [6, 6.07) is -3.07. The van der Waals surface area contributed by atoms with Crippen LogP contribution in [0, 0.1) is 17.8 Å². The molecule has 9 amide bonds. The standard InChI is InChI=1S/C47H76N10O15/c1-23(2)18-31(51-36(61)22-50-40(64)34(21-28-12-10-9-11-13-28)56-46(70)38(49)26(7)58)43(67)52-29(14-16-35(48)60)41(65)54-32(19-24(3)4)44(68)53-30(15-17-37(62)63)42(66)55-33(20-25(5)6)45(69)57-39(27(8)59)47(71)72/h9-13,23-27,29-34,38-39,58-59H,14-22,49H2,1-8H3,(H2,48,60)(H,50,64)(H,51,61)(H,52,67)(H,53,68)(H,54,65)(H,55,66)(H,56,70)(H,57,69)(H,62,63)(H,71,72)/t26-,27-,29+,30+,31+,32+,33+,34+,38+,39+/m1/s1. The van der Waals surface area contributed by atoms with Gasteiger partial charge >= 0.3 is 11.9 Å². The van der Waals surface area contributed by atoms with Crippen molar-refractivity contribution in [2.45, 2.75) is 167 Å². The maximum Gasteiger partial charge on any atom is 0.328 e. The lowest BCUT2D eigenvalue weighted by molar-refractivity contribution is -0.145. The van der Waals surface area contributed by atoms with Gasteiger partial charge in [0.1, 0.15) is 42.3 Å². The van der Waals surface area contributed by atoms with Gasteiger partial charge in [0.25, 0.3) is 0 Å². The Morgan fingerprint density at radius 3 is 1.31 bits per heavy atom. The number of carboxylic acid groups (broad SMARTS) is 2. The van der Waals surface area contributed by atoms with Crippen molar-refractivity contribution in [1.82, 2.24) is 42.5 Å². The van der Waals surface area contributed by atoms with Crippen molar-refractivity contribution in [3.05, 3.63) is 35.9 Å². The first-order chi connectivity index (χ1) is 33.5. The molecule has 0 heterocycles. The highest BCUT2D eigenvalue weighted by atomic mass is 16.4. The molecule has 0 radical (unpaired) electrons. The van der Waals surface area contributed by atoms with Crippen LogP contribution in [0.2, 0.25) is 0 Å². The zero-order valence-corrected chi connectivity index (χ0v) is 42.2. The minimum atomic E-state index is -1.74. The zero-order chi connectivity index (χ0) is 55.0. The molecule has 25 nitrogen and oxygen atoms in total. The van der Waals surface area contributed by atoms with Gasteiger partial charge in [0.2, 0.25) is 53.2 Å². The van der Waals surface area contributed by atoms with Gasteiger partial charge in [-0.2, -0.15) is 0 Å². The van der Waals surface area contributed by atoms with Gasteiger partial charge in [-0.05, 0) is 69.3 Å². The minimum Gasteiger partial charge on any atom is -0.481 e. The number of nitrogens with two attached hydrogens (primary N) is 2. The Kier molecular flexibility index (Phi) is 27.8. The molecule has 404 valence electrons. The zero-order valence-electron chi connectivity index (χ0n) is 42.2.